The Morgan fingerprint density at radius 2 is 1.50 bits per heavy atom. The zero-order valence-corrected chi connectivity index (χ0v) is 20.3. The van der Waals surface area contributed by atoms with Gasteiger partial charge in [-0.2, -0.15) is 0 Å². The number of nitrogens with one attached hydrogen (secondary N) is 3. The summed E-state index contributed by atoms with van der Waals surface area (Å²) in [4.78, 5) is 0.312. The maximum Gasteiger partial charge on any atom is 0.241 e. The lowest BCUT2D eigenvalue weighted by molar-refractivity contribution is -0.00810. The second kappa shape index (κ2) is 8.12. The van der Waals surface area contributed by atoms with Gasteiger partial charge in [-0.1, -0.05) is 12.1 Å². The molecule has 5 nitrogen and oxygen atoms in total. The maximum absolute atomic E-state index is 13.2. The van der Waals surface area contributed by atoms with Gasteiger partial charge in [-0.25, -0.2) is 13.1 Å². The maximum atomic E-state index is 13.2. The van der Waals surface area contributed by atoms with E-state index < -0.39 is 10.0 Å². The number of aryl methyl sites for hydroxylation is 1. The molecule has 4 bridgehead atoms. The third-order valence-corrected chi connectivity index (χ3v) is 9.46. The number of benzene rings is 2. The summed E-state index contributed by atoms with van der Waals surface area (Å²) in [7, 11) is -3.55. The molecule has 0 aromatic heterocycles. The van der Waals surface area contributed by atoms with Crippen LogP contribution in [0.5, 0.6) is 0 Å². The van der Waals surface area contributed by atoms with Gasteiger partial charge in [-0.3, -0.25) is 0 Å². The van der Waals surface area contributed by atoms with Crippen LogP contribution in [0.3, 0.4) is 0 Å². The lowest BCUT2D eigenvalue weighted by atomic mass is 9.53. The van der Waals surface area contributed by atoms with Gasteiger partial charge in [0, 0.05) is 16.9 Å². The molecule has 4 fully saturated rings. The molecule has 4 aliphatic rings. The standard InChI is InChI=1S/C25H31N3O2S2/c1-16-4-3-5-23(17(16)2)27-24(31)26-21-6-8-22(9-7-21)32(29,30)28-25-13-18-10-19(14-25)12-20(11-18)15-25/h3-9,18-20,28H,10-15H2,1-2H3,(H2,26,27,31). The summed E-state index contributed by atoms with van der Waals surface area (Å²) in [5.74, 6) is 2.09. The van der Waals surface area contributed by atoms with Gasteiger partial charge in [-0.05, 0) is 124 Å². The number of sulfonamides is 1. The molecule has 2 aromatic rings. The predicted molar refractivity (Wildman–Crippen MR) is 133 cm³/mol. The Kier molecular flexibility index (Phi) is 5.55. The summed E-state index contributed by atoms with van der Waals surface area (Å²) in [5.41, 5.74) is 3.82. The number of anilines is 2. The van der Waals surface area contributed by atoms with Crippen LogP contribution in [0.4, 0.5) is 11.4 Å². The van der Waals surface area contributed by atoms with Gasteiger partial charge in [0.1, 0.15) is 0 Å². The van der Waals surface area contributed by atoms with E-state index in [0.29, 0.717) is 27.8 Å². The van der Waals surface area contributed by atoms with Crippen LogP contribution in [0.15, 0.2) is 47.4 Å². The molecule has 170 valence electrons. The van der Waals surface area contributed by atoms with Gasteiger partial charge < -0.3 is 10.6 Å². The summed E-state index contributed by atoms with van der Waals surface area (Å²) in [5, 5.41) is 6.84. The Labute approximate surface area is 196 Å². The van der Waals surface area contributed by atoms with E-state index in [2.05, 4.69) is 35.3 Å². The molecule has 0 amide bonds. The van der Waals surface area contributed by atoms with Gasteiger partial charge in [0.05, 0.1) is 4.90 Å². The Bertz CT molecular complexity index is 1110. The van der Waals surface area contributed by atoms with E-state index >= 15 is 0 Å². The van der Waals surface area contributed by atoms with E-state index in [-0.39, 0.29) is 5.54 Å². The summed E-state index contributed by atoms with van der Waals surface area (Å²) >= 11 is 5.45. The lowest BCUT2D eigenvalue weighted by Gasteiger charge is -2.56. The monoisotopic (exact) mass is 469 g/mol. The average molecular weight is 470 g/mol. The van der Waals surface area contributed by atoms with Crippen molar-refractivity contribution in [2.24, 2.45) is 17.8 Å². The summed E-state index contributed by atoms with van der Waals surface area (Å²) < 4.78 is 29.5. The van der Waals surface area contributed by atoms with Gasteiger partial charge in [-0.15, -0.1) is 0 Å². The van der Waals surface area contributed by atoms with E-state index in [1.54, 1.807) is 24.3 Å². The van der Waals surface area contributed by atoms with E-state index in [1.807, 2.05) is 12.1 Å². The van der Waals surface area contributed by atoms with Crippen LogP contribution in [-0.4, -0.2) is 19.1 Å². The van der Waals surface area contributed by atoms with Crippen LogP contribution in [0.25, 0.3) is 0 Å². The molecule has 4 aliphatic carbocycles. The van der Waals surface area contributed by atoms with Crippen molar-refractivity contribution in [3.8, 4) is 0 Å². The highest BCUT2D eigenvalue weighted by Gasteiger charge is 2.52. The normalized spacial score (nSPS) is 28.5. The molecule has 6 rings (SSSR count). The van der Waals surface area contributed by atoms with Crippen molar-refractivity contribution in [3.63, 3.8) is 0 Å². The van der Waals surface area contributed by atoms with Crippen molar-refractivity contribution in [2.75, 3.05) is 10.6 Å². The third kappa shape index (κ3) is 4.30. The second-order valence-corrected chi connectivity index (χ2v) is 12.2. The summed E-state index contributed by atoms with van der Waals surface area (Å²) in [6.45, 7) is 4.12. The van der Waals surface area contributed by atoms with E-state index in [9.17, 15) is 8.42 Å². The van der Waals surface area contributed by atoms with Crippen molar-refractivity contribution in [3.05, 3.63) is 53.6 Å². The molecule has 2 aromatic carbocycles. The van der Waals surface area contributed by atoms with E-state index in [4.69, 9.17) is 12.2 Å². The third-order valence-electron chi connectivity index (χ3n) is 7.66. The highest BCUT2D eigenvalue weighted by molar-refractivity contribution is 7.89. The molecule has 32 heavy (non-hydrogen) atoms. The Balaban J connectivity index is 1.25. The smallest absolute Gasteiger partial charge is 0.241 e. The first-order valence-corrected chi connectivity index (χ1v) is 13.4. The van der Waals surface area contributed by atoms with Gasteiger partial charge in [0.15, 0.2) is 5.11 Å². The predicted octanol–water partition coefficient (Wildman–Crippen LogP) is 5.36. The van der Waals surface area contributed by atoms with Crippen LogP contribution in [0.2, 0.25) is 0 Å². The Morgan fingerprint density at radius 1 is 0.906 bits per heavy atom. The van der Waals surface area contributed by atoms with Gasteiger partial charge in [0.25, 0.3) is 0 Å². The number of thiocarbonyl (C=S) groups is 1. The van der Waals surface area contributed by atoms with Crippen molar-refractivity contribution in [2.45, 2.75) is 62.8 Å². The zero-order valence-electron chi connectivity index (χ0n) is 18.6. The van der Waals surface area contributed by atoms with Crippen LogP contribution in [0.1, 0.15) is 49.7 Å². The first kappa shape index (κ1) is 21.9. The number of hydrogen-bond donors (Lipinski definition) is 3. The Hall–Kier alpha value is -1.96. The Morgan fingerprint density at radius 3 is 2.09 bits per heavy atom. The van der Waals surface area contributed by atoms with Crippen LogP contribution in [0, 0.1) is 31.6 Å². The first-order valence-electron chi connectivity index (χ1n) is 11.5. The largest absolute Gasteiger partial charge is 0.332 e. The highest BCUT2D eigenvalue weighted by Crippen LogP contribution is 2.56. The molecule has 0 atom stereocenters. The van der Waals surface area contributed by atoms with Gasteiger partial charge >= 0.3 is 0 Å². The minimum absolute atomic E-state index is 0.234. The molecule has 3 N–H and O–H groups in total. The topological polar surface area (TPSA) is 70.2 Å². The molecule has 0 unspecified atom stereocenters. The van der Waals surface area contributed by atoms with Gasteiger partial charge in [0.2, 0.25) is 10.0 Å². The highest BCUT2D eigenvalue weighted by atomic mass is 32.2. The molecule has 0 heterocycles. The van der Waals surface area contributed by atoms with Crippen LogP contribution >= 0.6 is 12.2 Å². The van der Waals surface area contributed by atoms with Crippen LogP contribution < -0.4 is 15.4 Å². The molecule has 7 heteroatoms. The van der Waals surface area contributed by atoms with Crippen molar-refractivity contribution in [1.29, 1.82) is 0 Å². The fourth-order valence-electron chi connectivity index (χ4n) is 6.47. The molecule has 0 spiro atoms. The molecular formula is C25H31N3O2S2. The average Bonchev–Trinajstić information content (AvgIpc) is 2.70. The molecular weight excluding hydrogens is 438 g/mol. The van der Waals surface area contributed by atoms with Crippen LogP contribution in [-0.2, 0) is 10.0 Å². The lowest BCUT2D eigenvalue weighted by Crippen LogP contribution is -2.59. The first-order chi connectivity index (χ1) is 15.2. The second-order valence-electron chi connectivity index (χ2n) is 10.2. The minimum Gasteiger partial charge on any atom is -0.332 e. The van der Waals surface area contributed by atoms with Crippen molar-refractivity contribution >= 4 is 38.7 Å². The minimum atomic E-state index is -3.55. The van der Waals surface area contributed by atoms with E-state index in [0.717, 1.165) is 36.2 Å². The van der Waals surface area contributed by atoms with Crippen molar-refractivity contribution in [1.82, 2.24) is 4.72 Å². The molecule has 0 aliphatic heterocycles. The number of hydrogen-bond acceptors (Lipinski definition) is 3. The summed E-state index contributed by atoms with van der Waals surface area (Å²) in [6.07, 6.45) is 6.86. The van der Waals surface area contributed by atoms with E-state index in [1.165, 1.54) is 24.8 Å². The SMILES string of the molecule is Cc1cccc(NC(=S)Nc2ccc(S(=O)(=O)NC34CC5CC(CC(C5)C3)C4)cc2)c1C. The number of rotatable bonds is 5. The zero-order chi connectivity index (χ0) is 22.5. The molecule has 0 radical (unpaired) electrons. The quantitative estimate of drug-likeness (QED) is 0.514. The fraction of sp³-hybridized carbons (Fsp3) is 0.480. The summed E-state index contributed by atoms with van der Waals surface area (Å²) in [6, 6.07) is 12.9. The fourth-order valence-corrected chi connectivity index (χ4v) is 8.13. The molecule has 0 saturated heterocycles. The molecule has 4 saturated carbocycles. The van der Waals surface area contributed by atoms with Crippen molar-refractivity contribution < 1.29 is 8.42 Å².